The zero-order valence-electron chi connectivity index (χ0n) is 13.6. The van der Waals surface area contributed by atoms with E-state index >= 15 is 0 Å². The van der Waals surface area contributed by atoms with Crippen LogP contribution in [-0.2, 0) is 0 Å². The van der Waals surface area contributed by atoms with Crippen molar-refractivity contribution in [1.82, 2.24) is 4.98 Å². The molecule has 2 aromatic carbocycles. The van der Waals surface area contributed by atoms with E-state index in [9.17, 15) is 0 Å². The Morgan fingerprint density at radius 2 is 1.91 bits per heavy atom. The van der Waals surface area contributed by atoms with E-state index in [0.717, 1.165) is 39.5 Å². The summed E-state index contributed by atoms with van der Waals surface area (Å²) >= 11 is 0. The predicted octanol–water partition coefficient (Wildman–Crippen LogP) is 4.69. The summed E-state index contributed by atoms with van der Waals surface area (Å²) in [7, 11) is 1.67. The van der Waals surface area contributed by atoms with Gasteiger partial charge in [0, 0.05) is 28.5 Å². The summed E-state index contributed by atoms with van der Waals surface area (Å²) < 4.78 is 10.9. The molecular formula is C19H20N2O2. The molecule has 0 aliphatic carbocycles. The Labute approximate surface area is 136 Å². The maximum atomic E-state index is 5.61. The SMILES string of the molecule is CCOc1ccc2nc(C)cc(Nc3cccc(OC)c3)c2c1. The first-order valence-corrected chi connectivity index (χ1v) is 7.65. The molecule has 0 saturated carbocycles. The van der Waals surface area contributed by atoms with E-state index in [1.165, 1.54) is 0 Å². The number of hydrogen-bond donors (Lipinski definition) is 1. The van der Waals surface area contributed by atoms with Gasteiger partial charge in [-0.1, -0.05) is 6.07 Å². The number of ether oxygens (including phenoxy) is 2. The van der Waals surface area contributed by atoms with Crippen LogP contribution in [0.15, 0.2) is 48.5 Å². The summed E-state index contributed by atoms with van der Waals surface area (Å²) in [5, 5.41) is 4.49. The molecule has 0 aliphatic heterocycles. The van der Waals surface area contributed by atoms with E-state index in [-0.39, 0.29) is 0 Å². The Morgan fingerprint density at radius 3 is 2.70 bits per heavy atom. The average molecular weight is 308 g/mol. The van der Waals surface area contributed by atoms with Crippen LogP contribution in [0.1, 0.15) is 12.6 Å². The van der Waals surface area contributed by atoms with Crippen LogP contribution in [0.3, 0.4) is 0 Å². The van der Waals surface area contributed by atoms with Crippen LogP contribution in [0.5, 0.6) is 11.5 Å². The quantitative estimate of drug-likeness (QED) is 0.742. The molecule has 0 spiro atoms. The Kier molecular flexibility index (Phi) is 4.33. The molecule has 3 aromatic rings. The van der Waals surface area contributed by atoms with Gasteiger partial charge in [0.1, 0.15) is 11.5 Å². The topological polar surface area (TPSA) is 43.4 Å². The maximum Gasteiger partial charge on any atom is 0.120 e. The molecule has 1 N–H and O–H groups in total. The van der Waals surface area contributed by atoms with Gasteiger partial charge in [-0.05, 0) is 50.2 Å². The van der Waals surface area contributed by atoms with Gasteiger partial charge in [0.05, 0.1) is 19.2 Å². The second-order valence-electron chi connectivity index (χ2n) is 5.28. The largest absolute Gasteiger partial charge is 0.497 e. The lowest BCUT2D eigenvalue weighted by Crippen LogP contribution is -1.97. The highest BCUT2D eigenvalue weighted by Gasteiger charge is 2.07. The molecule has 1 aromatic heterocycles. The number of fused-ring (bicyclic) bond motifs is 1. The van der Waals surface area contributed by atoms with E-state index in [1.807, 2.05) is 62.4 Å². The summed E-state index contributed by atoms with van der Waals surface area (Å²) in [6.07, 6.45) is 0. The van der Waals surface area contributed by atoms with Crippen molar-refractivity contribution in [3.8, 4) is 11.5 Å². The number of rotatable bonds is 5. The van der Waals surface area contributed by atoms with Gasteiger partial charge in [0.2, 0.25) is 0 Å². The molecule has 118 valence electrons. The summed E-state index contributed by atoms with van der Waals surface area (Å²) in [6.45, 7) is 4.61. The van der Waals surface area contributed by atoms with E-state index in [0.29, 0.717) is 6.61 Å². The van der Waals surface area contributed by atoms with Crippen LogP contribution >= 0.6 is 0 Å². The highest BCUT2D eigenvalue weighted by Crippen LogP contribution is 2.30. The highest BCUT2D eigenvalue weighted by molar-refractivity contribution is 5.94. The first-order valence-electron chi connectivity index (χ1n) is 7.65. The number of aryl methyl sites for hydroxylation is 1. The van der Waals surface area contributed by atoms with Gasteiger partial charge in [-0.3, -0.25) is 4.98 Å². The zero-order chi connectivity index (χ0) is 16.2. The molecule has 3 rings (SSSR count). The van der Waals surface area contributed by atoms with Crippen molar-refractivity contribution in [1.29, 1.82) is 0 Å². The minimum atomic E-state index is 0.642. The van der Waals surface area contributed by atoms with Crippen molar-refractivity contribution in [3.05, 3.63) is 54.2 Å². The molecule has 4 nitrogen and oxygen atoms in total. The standard InChI is InChI=1S/C19H20N2O2/c1-4-23-16-8-9-18-17(12-16)19(10-13(2)20-18)21-14-6-5-7-15(11-14)22-3/h5-12H,4H2,1-3H3,(H,20,21). The Morgan fingerprint density at radius 1 is 1.04 bits per heavy atom. The fraction of sp³-hybridized carbons (Fsp3) is 0.211. The van der Waals surface area contributed by atoms with Crippen LogP contribution in [0.2, 0.25) is 0 Å². The normalized spacial score (nSPS) is 10.6. The molecule has 23 heavy (non-hydrogen) atoms. The number of nitrogens with zero attached hydrogens (tertiary/aromatic N) is 1. The second-order valence-corrected chi connectivity index (χ2v) is 5.28. The lowest BCUT2D eigenvalue weighted by atomic mass is 10.1. The number of anilines is 2. The molecular weight excluding hydrogens is 288 g/mol. The molecule has 0 saturated heterocycles. The van der Waals surface area contributed by atoms with Crippen molar-refractivity contribution in [2.45, 2.75) is 13.8 Å². The van der Waals surface area contributed by atoms with Crippen molar-refractivity contribution >= 4 is 22.3 Å². The second kappa shape index (κ2) is 6.57. The number of nitrogens with one attached hydrogen (secondary N) is 1. The van der Waals surface area contributed by atoms with Gasteiger partial charge < -0.3 is 14.8 Å². The Balaban J connectivity index is 2.05. The van der Waals surface area contributed by atoms with Crippen LogP contribution < -0.4 is 14.8 Å². The number of aromatic nitrogens is 1. The van der Waals surface area contributed by atoms with Crippen LogP contribution in [0.25, 0.3) is 10.9 Å². The van der Waals surface area contributed by atoms with Gasteiger partial charge in [0.25, 0.3) is 0 Å². The van der Waals surface area contributed by atoms with Crippen molar-refractivity contribution in [2.24, 2.45) is 0 Å². The number of benzene rings is 2. The predicted molar refractivity (Wildman–Crippen MR) is 93.9 cm³/mol. The van der Waals surface area contributed by atoms with Crippen molar-refractivity contribution in [2.75, 3.05) is 19.0 Å². The maximum absolute atomic E-state index is 5.61. The molecule has 0 atom stereocenters. The minimum Gasteiger partial charge on any atom is -0.497 e. The highest BCUT2D eigenvalue weighted by atomic mass is 16.5. The molecule has 0 aliphatic rings. The fourth-order valence-corrected chi connectivity index (χ4v) is 2.55. The number of methoxy groups -OCH3 is 1. The van der Waals surface area contributed by atoms with E-state index < -0.39 is 0 Å². The van der Waals surface area contributed by atoms with E-state index in [1.54, 1.807) is 7.11 Å². The first kappa shape index (κ1) is 15.2. The molecule has 0 bridgehead atoms. The Bertz CT molecular complexity index is 831. The van der Waals surface area contributed by atoms with Gasteiger partial charge >= 0.3 is 0 Å². The number of hydrogen-bond acceptors (Lipinski definition) is 4. The van der Waals surface area contributed by atoms with Crippen LogP contribution in [0, 0.1) is 6.92 Å². The Hall–Kier alpha value is -2.75. The molecule has 4 heteroatoms. The first-order chi connectivity index (χ1) is 11.2. The molecule has 0 radical (unpaired) electrons. The summed E-state index contributed by atoms with van der Waals surface area (Å²) in [4.78, 5) is 4.59. The van der Waals surface area contributed by atoms with Crippen LogP contribution in [-0.4, -0.2) is 18.7 Å². The van der Waals surface area contributed by atoms with Gasteiger partial charge in [-0.25, -0.2) is 0 Å². The van der Waals surface area contributed by atoms with Crippen molar-refractivity contribution < 1.29 is 9.47 Å². The monoisotopic (exact) mass is 308 g/mol. The summed E-state index contributed by atoms with van der Waals surface area (Å²) in [6, 6.07) is 15.9. The number of pyridine rings is 1. The molecule has 0 amide bonds. The van der Waals surface area contributed by atoms with Crippen molar-refractivity contribution in [3.63, 3.8) is 0 Å². The average Bonchev–Trinajstić information content (AvgIpc) is 2.56. The molecule has 1 heterocycles. The third-order valence-electron chi connectivity index (χ3n) is 3.57. The van der Waals surface area contributed by atoms with Gasteiger partial charge in [-0.2, -0.15) is 0 Å². The lowest BCUT2D eigenvalue weighted by molar-refractivity contribution is 0.340. The molecule has 0 unspecified atom stereocenters. The molecule has 0 fully saturated rings. The van der Waals surface area contributed by atoms with E-state index in [2.05, 4.69) is 10.3 Å². The zero-order valence-corrected chi connectivity index (χ0v) is 13.6. The van der Waals surface area contributed by atoms with Gasteiger partial charge in [0.15, 0.2) is 0 Å². The third kappa shape index (κ3) is 3.37. The van der Waals surface area contributed by atoms with Crippen LogP contribution in [0.4, 0.5) is 11.4 Å². The minimum absolute atomic E-state index is 0.642. The summed E-state index contributed by atoms with van der Waals surface area (Å²) in [5.74, 6) is 1.67. The third-order valence-corrected chi connectivity index (χ3v) is 3.57. The summed E-state index contributed by atoms with van der Waals surface area (Å²) in [5.41, 5.74) is 3.88. The van der Waals surface area contributed by atoms with E-state index in [4.69, 9.17) is 9.47 Å². The fourth-order valence-electron chi connectivity index (χ4n) is 2.55. The van der Waals surface area contributed by atoms with Gasteiger partial charge in [-0.15, -0.1) is 0 Å². The smallest absolute Gasteiger partial charge is 0.120 e. The lowest BCUT2D eigenvalue weighted by Gasteiger charge is -2.13.